The SMILES string of the molecule is [2H]c1c([2H])c([2H])c(-c2nc3ccccc3n2-c2ccc(-c3c4ccccc4c(-c4ccc5sc6ccccc6c5c4)c4cc(-c5ccccc5)ccc34)cc2)c([2H])c1[2H]. The van der Waals surface area contributed by atoms with Gasteiger partial charge < -0.3 is 0 Å². The molecule has 11 rings (SSSR count). The van der Waals surface area contributed by atoms with E-state index < -0.39 is 18.1 Å². The van der Waals surface area contributed by atoms with Gasteiger partial charge in [0.15, 0.2) is 0 Å². The van der Waals surface area contributed by atoms with Crippen LogP contribution in [0, 0.1) is 0 Å². The number of imidazole rings is 1. The van der Waals surface area contributed by atoms with E-state index in [0.29, 0.717) is 11.3 Å². The largest absolute Gasteiger partial charge is 0.292 e. The summed E-state index contributed by atoms with van der Waals surface area (Å²) in [6, 6.07) is 55.7. The maximum absolute atomic E-state index is 8.80. The number of para-hydroxylation sites is 2. The molecule has 252 valence electrons. The highest BCUT2D eigenvalue weighted by atomic mass is 32.1. The third-order valence-electron chi connectivity index (χ3n) is 10.5. The smallest absolute Gasteiger partial charge is 0.145 e. The number of benzene rings is 9. The van der Waals surface area contributed by atoms with Crippen molar-refractivity contribution in [3.05, 3.63) is 194 Å². The van der Waals surface area contributed by atoms with E-state index >= 15 is 0 Å². The number of aromatic nitrogens is 2. The van der Waals surface area contributed by atoms with Gasteiger partial charge in [-0.3, -0.25) is 4.57 Å². The second-order valence-corrected chi connectivity index (χ2v) is 14.6. The average molecular weight is 710 g/mol. The molecule has 2 aromatic heterocycles. The molecule has 0 aliphatic carbocycles. The highest BCUT2D eigenvalue weighted by Crippen LogP contribution is 2.46. The van der Waals surface area contributed by atoms with E-state index in [9.17, 15) is 0 Å². The first kappa shape index (κ1) is 26.0. The molecular formula is C51H32N2S. The van der Waals surface area contributed by atoms with Crippen molar-refractivity contribution in [1.29, 1.82) is 0 Å². The minimum Gasteiger partial charge on any atom is -0.292 e. The monoisotopic (exact) mass is 709 g/mol. The minimum absolute atomic E-state index is 0.0618. The van der Waals surface area contributed by atoms with Gasteiger partial charge in [-0.1, -0.05) is 145 Å². The van der Waals surface area contributed by atoms with Crippen LogP contribution >= 0.6 is 11.3 Å². The molecule has 9 aromatic carbocycles. The molecule has 54 heavy (non-hydrogen) atoms. The zero-order chi connectivity index (χ0) is 39.9. The van der Waals surface area contributed by atoms with E-state index in [4.69, 9.17) is 11.8 Å². The van der Waals surface area contributed by atoms with Gasteiger partial charge in [-0.25, -0.2) is 4.98 Å². The number of rotatable bonds is 5. The Bertz CT molecular complexity index is 3470. The lowest BCUT2D eigenvalue weighted by Gasteiger charge is -2.19. The van der Waals surface area contributed by atoms with Crippen LogP contribution in [0.5, 0.6) is 0 Å². The van der Waals surface area contributed by atoms with Gasteiger partial charge in [0.2, 0.25) is 0 Å². The summed E-state index contributed by atoms with van der Waals surface area (Å²) in [7, 11) is 0. The summed E-state index contributed by atoms with van der Waals surface area (Å²) in [5.74, 6) is 0.292. The zero-order valence-electron chi connectivity index (χ0n) is 33.9. The van der Waals surface area contributed by atoms with Crippen molar-refractivity contribution in [2.24, 2.45) is 0 Å². The van der Waals surface area contributed by atoms with Crippen LogP contribution in [0.25, 0.3) is 103 Å². The van der Waals surface area contributed by atoms with E-state index in [1.165, 1.54) is 31.3 Å². The first-order valence-corrected chi connectivity index (χ1v) is 18.8. The highest BCUT2D eigenvalue weighted by Gasteiger charge is 2.20. The molecule has 0 saturated carbocycles. The minimum atomic E-state index is -0.433. The van der Waals surface area contributed by atoms with E-state index in [0.717, 1.165) is 55.0 Å². The first-order valence-electron chi connectivity index (χ1n) is 20.5. The van der Waals surface area contributed by atoms with E-state index in [1.54, 1.807) is 0 Å². The predicted octanol–water partition coefficient (Wildman–Crippen LogP) is 14.4. The van der Waals surface area contributed by atoms with Gasteiger partial charge >= 0.3 is 0 Å². The molecule has 0 bridgehead atoms. The van der Waals surface area contributed by atoms with Crippen LogP contribution in [0.15, 0.2) is 194 Å². The van der Waals surface area contributed by atoms with Gasteiger partial charge in [-0.2, -0.15) is 0 Å². The van der Waals surface area contributed by atoms with Crippen molar-refractivity contribution in [2.45, 2.75) is 0 Å². The summed E-state index contributed by atoms with van der Waals surface area (Å²) in [6.07, 6.45) is 0. The predicted molar refractivity (Wildman–Crippen MR) is 231 cm³/mol. The Balaban J connectivity index is 1.15. The Morgan fingerprint density at radius 3 is 1.85 bits per heavy atom. The Morgan fingerprint density at radius 1 is 0.426 bits per heavy atom. The van der Waals surface area contributed by atoms with Crippen molar-refractivity contribution >= 4 is 64.1 Å². The molecule has 2 nitrogen and oxygen atoms in total. The van der Waals surface area contributed by atoms with Crippen LogP contribution in [0.1, 0.15) is 6.85 Å². The molecule has 0 radical (unpaired) electrons. The molecule has 3 heteroatoms. The molecule has 0 N–H and O–H groups in total. The van der Waals surface area contributed by atoms with Gasteiger partial charge in [0.25, 0.3) is 0 Å². The van der Waals surface area contributed by atoms with Gasteiger partial charge in [-0.05, 0) is 103 Å². The van der Waals surface area contributed by atoms with Crippen LogP contribution in [0.3, 0.4) is 0 Å². The molecule has 11 aromatic rings. The second kappa shape index (κ2) is 12.4. The molecule has 0 amide bonds. The third-order valence-corrected chi connectivity index (χ3v) is 11.6. The highest BCUT2D eigenvalue weighted by molar-refractivity contribution is 7.25. The number of hydrogen-bond acceptors (Lipinski definition) is 2. The zero-order valence-corrected chi connectivity index (χ0v) is 29.7. The van der Waals surface area contributed by atoms with Crippen molar-refractivity contribution in [1.82, 2.24) is 9.55 Å². The molecule has 0 saturated heterocycles. The summed E-state index contributed by atoms with van der Waals surface area (Å²) in [4.78, 5) is 4.85. The van der Waals surface area contributed by atoms with Crippen molar-refractivity contribution in [2.75, 3.05) is 0 Å². The van der Waals surface area contributed by atoms with Crippen LogP contribution in [-0.4, -0.2) is 9.55 Å². The number of fused-ring (bicyclic) bond motifs is 6. The van der Waals surface area contributed by atoms with Gasteiger partial charge in [0.1, 0.15) is 5.82 Å². The molecule has 0 aliphatic rings. The summed E-state index contributed by atoms with van der Waals surface area (Å²) < 4.78 is 47.0. The van der Waals surface area contributed by atoms with Crippen molar-refractivity contribution in [3.63, 3.8) is 0 Å². The molecule has 0 aliphatic heterocycles. The maximum Gasteiger partial charge on any atom is 0.145 e. The summed E-state index contributed by atoms with van der Waals surface area (Å²) in [6.45, 7) is 0. The number of thiophene rings is 1. The molecular weight excluding hydrogens is 673 g/mol. The fourth-order valence-electron chi connectivity index (χ4n) is 8.09. The van der Waals surface area contributed by atoms with Crippen molar-refractivity contribution in [3.8, 4) is 50.5 Å². The molecule has 0 spiro atoms. The van der Waals surface area contributed by atoms with Crippen molar-refractivity contribution < 1.29 is 6.85 Å². The molecule has 0 fully saturated rings. The first-order chi connectivity index (χ1) is 28.9. The Hall–Kier alpha value is -6.81. The van der Waals surface area contributed by atoms with Crippen LogP contribution in [0.2, 0.25) is 0 Å². The molecule has 0 unspecified atom stereocenters. The van der Waals surface area contributed by atoms with Gasteiger partial charge in [0, 0.05) is 31.4 Å². The maximum atomic E-state index is 8.80. The number of nitrogens with zero attached hydrogens (tertiary/aromatic N) is 2. The summed E-state index contributed by atoms with van der Waals surface area (Å²) in [5, 5.41) is 7.12. The topological polar surface area (TPSA) is 17.8 Å². The van der Waals surface area contributed by atoms with Crippen LogP contribution < -0.4 is 0 Å². The molecule has 0 atom stereocenters. The fraction of sp³-hybridized carbons (Fsp3) is 0. The average Bonchev–Trinajstić information content (AvgIpc) is 3.85. The van der Waals surface area contributed by atoms with Gasteiger partial charge in [0.05, 0.1) is 17.9 Å². The second-order valence-electron chi connectivity index (χ2n) is 13.5. The Morgan fingerprint density at radius 2 is 1.04 bits per heavy atom. The lowest BCUT2D eigenvalue weighted by atomic mass is 9.84. The fourth-order valence-corrected chi connectivity index (χ4v) is 9.17. The van der Waals surface area contributed by atoms with E-state index in [1.807, 2.05) is 58.4 Å². The Labute approximate surface area is 323 Å². The third kappa shape index (κ3) is 4.90. The lowest BCUT2D eigenvalue weighted by molar-refractivity contribution is 1.10. The lowest BCUT2D eigenvalue weighted by Crippen LogP contribution is -1.98. The van der Waals surface area contributed by atoms with E-state index in [2.05, 4.69) is 121 Å². The molecule has 2 heterocycles. The van der Waals surface area contributed by atoms with Crippen LogP contribution in [0.4, 0.5) is 0 Å². The van der Waals surface area contributed by atoms with Gasteiger partial charge in [-0.15, -0.1) is 11.3 Å². The summed E-state index contributed by atoms with van der Waals surface area (Å²) in [5.41, 5.74) is 9.06. The normalized spacial score (nSPS) is 13.0. The van der Waals surface area contributed by atoms with Crippen LogP contribution in [-0.2, 0) is 0 Å². The number of hydrogen-bond donors (Lipinski definition) is 0. The Kier molecular flexibility index (Phi) is 5.98. The van der Waals surface area contributed by atoms with E-state index in [-0.39, 0.29) is 17.6 Å². The quantitative estimate of drug-likeness (QED) is 0.163. The standard InChI is InChI=1S/C51H32N2S/c1-3-13-33(14-4-1)36-25-29-42-44(31-36)50(37-26-30-48-43(32-37)39-17-9-12-22-47(39)54-48)41-19-8-7-18-40(41)49(42)34-23-27-38(28-24-34)53-46-21-11-10-20-45(46)52-51(53)35-15-5-2-6-16-35/h1-32H/i2D,5D,6D,15D,16D. The summed E-state index contributed by atoms with van der Waals surface area (Å²) >= 11 is 1.83.